The zero-order chi connectivity index (χ0) is 13.2. The van der Waals surface area contributed by atoms with E-state index in [0.29, 0.717) is 24.9 Å². The maximum atomic E-state index is 9.17. The minimum atomic E-state index is 0.0384. The van der Waals surface area contributed by atoms with E-state index in [1.54, 1.807) is 6.20 Å². The van der Waals surface area contributed by atoms with Crippen molar-refractivity contribution in [1.82, 2.24) is 4.98 Å². The Labute approximate surface area is 117 Å². The lowest BCUT2D eigenvalue weighted by atomic mass is 9.89. The number of halogens is 1. The van der Waals surface area contributed by atoms with Crippen molar-refractivity contribution in [3.63, 3.8) is 0 Å². The quantitative estimate of drug-likeness (QED) is 0.889. The molecule has 2 aliphatic heterocycles. The summed E-state index contributed by atoms with van der Waals surface area (Å²) in [6.07, 6.45) is 2.59. The summed E-state index contributed by atoms with van der Waals surface area (Å²) < 4.78 is 11.4. The van der Waals surface area contributed by atoms with Gasteiger partial charge in [-0.2, -0.15) is 0 Å². The molecule has 2 unspecified atom stereocenters. The van der Waals surface area contributed by atoms with Gasteiger partial charge in [-0.1, -0.05) is 11.6 Å². The zero-order valence-corrected chi connectivity index (χ0v) is 11.3. The lowest BCUT2D eigenvalue weighted by molar-refractivity contribution is -0.0595. The molecule has 2 atom stereocenters. The molecule has 1 fully saturated rings. The van der Waals surface area contributed by atoms with Gasteiger partial charge in [-0.05, 0) is 12.5 Å². The molecule has 104 valence electrons. The Balaban J connectivity index is 2.01. The number of ether oxygens (including phenoxy) is 2. The summed E-state index contributed by atoms with van der Waals surface area (Å²) in [5.74, 6) is 1.13. The van der Waals surface area contributed by atoms with Crippen LogP contribution in [-0.4, -0.2) is 49.3 Å². The average Bonchev–Trinajstić information content (AvgIpc) is 2.58. The number of pyridine rings is 1. The highest BCUT2D eigenvalue weighted by Gasteiger charge is 2.34. The standard InChI is InChI=1S/C13H17ClN2O3/c14-9-5-11-10-1-4-18-7-12(10)19-8-16(2-3-17)13(11)15-6-9/h5-6,10,12,17H,1-4,7-8H2. The van der Waals surface area contributed by atoms with E-state index in [2.05, 4.69) is 4.98 Å². The van der Waals surface area contributed by atoms with Crippen molar-refractivity contribution in [1.29, 1.82) is 0 Å². The van der Waals surface area contributed by atoms with Gasteiger partial charge in [0.15, 0.2) is 0 Å². The molecule has 0 spiro atoms. The highest BCUT2D eigenvalue weighted by atomic mass is 35.5. The summed E-state index contributed by atoms with van der Waals surface area (Å²) in [6.45, 7) is 2.33. The normalized spacial score (nSPS) is 26.5. The first kappa shape index (κ1) is 13.1. The number of aliphatic hydroxyl groups is 1. The van der Waals surface area contributed by atoms with E-state index in [-0.39, 0.29) is 18.6 Å². The lowest BCUT2D eigenvalue weighted by Gasteiger charge is -2.29. The number of hydrogen-bond acceptors (Lipinski definition) is 5. The van der Waals surface area contributed by atoms with Crippen LogP contribution in [0.3, 0.4) is 0 Å². The molecule has 0 amide bonds. The van der Waals surface area contributed by atoms with Gasteiger partial charge in [0, 0.05) is 30.8 Å². The fourth-order valence-electron chi connectivity index (χ4n) is 2.75. The molecule has 0 aliphatic carbocycles. The van der Waals surface area contributed by atoms with Gasteiger partial charge in [-0.3, -0.25) is 0 Å². The summed E-state index contributed by atoms with van der Waals surface area (Å²) >= 11 is 6.08. The second-order valence-corrected chi connectivity index (χ2v) is 5.29. The average molecular weight is 285 g/mol. The molecule has 2 aliphatic rings. The molecule has 0 radical (unpaired) electrons. The summed E-state index contributed by atoms with van der Waals surface area (Å²) in [5.41, 5.74) is 1.10. The van der Waals surface area contributed by atoms with Crippen molar-refractivity contribution in [3.05, 3.63) is 22.8 Å². The highest BCUT2D eigenvalue weighted by molar-refractivity contribution is 6.30. The molecular formula is C13H17ClN2O3. The Hall–Kier alpha value is -0.880. The molecule has 3 heterocycles. The summed E-state index contributed by atoms with van der Waals surface area (Å²) in [7, 11) is 0. The zero-order valence-electron chi connectivity index (χ0n) is 10.6. The minimum Gasteiger partial charge on any atom is -0.395 e. The SMILES string of the molecule is OCCN1COC2COCCC2c2cc(Cl)cnc21. The van der Waals surface area contributed by atoms with Crippen LogP contribution in [0.5, 0.6) is 0 Å². The molecule has 3 rings (SSSR count). The van der Waals surface area contributed by atoms with Crippen molar-refractivity contribution >= 4 is 17.4 Å². The Morgan fingerprint density at radius 2 is 2.42 bits per heavy atom. The monoisotopic (exact) mass is 284 g/mol. The van der Waals surface area contributed by atoms with Crippen molar-refractivity contribution in [2.75, 3.05) is 38.0 Å². The number of hydrogen-bond donors (Lipinski definition) is 1. The smallest absolute Gasteiger partial charge is 0.134 e. The summed E-state index contributed by atoms with van der Waals surface area (Å²) in [4.78, 5) is 6.38. The maximum absolute atomic E-state index is 9.17. The molecule has 6 heteroatoms. The number of aliphatic hydroxyl groups excluding tert-OH is 1. The first-order chi connectivity index (χ1) is 9.29. The molecule has 5 nitrogen and oxygen atoms in total. The van der Waals surface area contributed by atoms with Crippen molar-refractivity contribution in [2.24, 2.45) is 0 Å². The van der Waals surface area contributed by atoms with Crippen LogP contribution >= 0.6 is 11.6 Å². The van der Waals surface area contributed by atoms with Crippen molar-refractivity contribution in [2.45, 2.75) is 18.4 Å². The van der Waals surface area contributed by atoms with Crippen LogP contribution in [0.25, 0.3) is 0 Å². The van der Waals surface area contributed by atoms with Gasteiger partial charge in [0.05, 0.1) is 24.3 Å². The minimum absolute atomic E-state index is 0.0384. The van der Waals surface area contributed by atoms with Crippen LogP contribution in [0.4, 0.5) is 5.82 Å². The fraction of sp³-hybridized carbons (Fsp3) is 0.615. The van der Waals surface area contributed by atoms with Crippen LogP contribution < -0.4 is 4.90 Å². The third kappa shape index (κ3) is 2.56. The highest BCUT2D eigenvalue weighted by Crippen LogP contribution is 2.38. The molecule has 0 aromatic carbocycles. The van der Waals surface area contributed by atoms with Crippen LogP contribution in [0.15, 0.2) is 12.3 Å². The molecule has 19 heavy (non-hydrogen) atoms. The van der Waals surface area contributed by atoms with Gasteiger partial charge in [0.25, 0.3) is 0 Å². The Morgan fingerprint density at radius 1 is 1.53 bits per heavy atom. The molecule has 1 N–H and O–H groups in total. The van der Waals surface area contributed by atoms with E-state index in [1.807, 2.05) is 11.0 Å². The van der Waals surface area contributed by atoms with Gasteiger partial charge >= 0.3 is 0 Å². The summed E-state index contributed by atoms with van der Waals surface area (Å²) in [6, 6.07) is 1.96. The molecule has 0 saturated carbocycles. The van der Waals surface area contributed by atoms with Crippen LogP contribution in [0.1, 0.15) is 17.9 Å². The van der Waals surface area contributed by atoms with E-state index in [9.17, 15) is 5.11 Å². The van der Waals surface area contributed by atoms with Crippen LogP contribution in [0.2, 0.25) is 5.02 Å². The number of fused-ring (bicyclic) bond motifs is 3. The first-order valence-electron chi connectivity index (χ1n) is 6.50. The van der Waals surface area contributed by atoms with Gasteiger partial charge in [-0.15, -0.1) is 0 Å². The third-order valence-electron chi connectivity index (χ3n) is 3.68. The lowest BCUT2D eigenvalue weighted by Crippen LogP contribution is -2.34. The van der Waals surface area contributed by atoms with E-state index in [4.69, 9.17) is 21.1 Å². The second kappa shape index (κ2) is 5.63. The Kier molecular flexibility index (Phi) is 3.88. The van der Waals surface area contributed by atoms with Gasteiger partial charge < -0.3 is 19.5 Å². The van der Waals surface area contributed by atoms with Crippen molar-refractivity contribution < 1.29 is 14.6 Å². The largest absolute Gasteiger partial charge is 0.395 e. The third-order valence-corrected chi connectivity index (χ3v) is 3.89. The number of β-amino-alcohol motifs (C(OH)–C–C–N with tert-alkyl or cyclic N) is 1. The van der Waals surface area contributed by atoms with Crippen molar-refractivity contribution in [3.8, 4) is 0 Å². The predicted octanol–water partition coefficient (Wildman–Crippen LogP) is 1.39. The van der Waals surface area contributed by atoms with Gasteiger partial charge in [-0.25, -0.2) is 4.98 Å². The Morgan fingerprint density at radius 3 is 3.26 bits per heavy atom. The molecule has 1 saturated heterocycles. The Bertz CT molecular complexity index is 458. The number of nitrogens with zero attached hydrogens (tertiary/aromatic N) is 2. The molecule has 0 bridgehead atoms. The second-order valence-electron chi connectivity index (χ2n) is 4.86. The van der Waals surface area contributed by atoms with E-state index < -0.39 is 0 Å². The summed E-state index contributed by atoms with van der Waals surface area (Å²) in [5, 5.41) is 9.81. The fourth-order valence-corrected chi connectivity index (χ4v) is 2.92. The van der Waals surface area contributed by atoms with Gasteiger partial charge in [0.2, 0.25) is 0 Å². The molecule has 1 aromatic rings. The first-order valence-corrected chi connectivity index (χ1v) is 6.88. The van der Waals surface area contributed by atoms with Crippen LogP contribution in [-0.2, 0) is 9.47 Å². The van der Waals surface area contributed by atoms with E-state index in [1.165, 1.54) is 0 Å². The van der Waals surface area contributed by atoms with E-state index >= 15 is 0 Å². The topological polar surface area (TPSA) is 54.8 Å². The number of anilines is 1. The maximum Gasteiger partial charge on any atom is 0.134 e. The predicted molar refractivity (Wildman–Crippen MR) is 71.6 cm³/mol. The van der Waals surface area contributed by atoms with Gasteiger partial charge in [0.1, 0.15) is 12.5 Å². The molecule has 1 aromatic heterocycles. The number of aromatic nitrogens is 1. The van der Waals surface area contributed by atoms with Crippen LogP contribution in [0, 0.1) is 0 Å². The molecular weight excluding hydrogens is 268 g/mol. The number of rotatable bonds is 2. The van der Waals surface area contributed by atoms with E-state index in [0.717, 1.165) is 24.4 Å².